The molecule has 5 heteroatoms. The van der Waals surface area contributed by atoms with Gasteiger partial charge in [-0.05, 0) is 24.5 Å². The predicted molar refractivity (Wildman–Crippen MR) is 97.1 cm³/mol. The van der Waals surface area contributed by atoms with Crippen LogP contribution in [0.4, 0.5) is 0 Å². The van der Waals surface area contributed by atoms with E-state index in [1.54, 1.807) is 47.6 Å². The molecule has 4 rings (SSSR count). The van der Waals surface area contributed by atoms with Crippen molar-refractivity contribution in [3.8, 4) is 0 Å². The summed E-state index contributed by atoms with van der Waals surface area (Å²) >= 11 is 0. The van der Waals surface area contributed by atoms with E-state index in [1.807, 2.05) is 12.1 Å². The normalized spacial score (nSPS) is 22.9. The lowest BCUT2D eigenvalue weighted by Crippen LogP contribution is -2.37. The van der Waals surface area contributed by atoms with Crippen molar-refractivity contribution < 1.29 is 14.7 Å². The number of pyridine rings is 1. The molecule has 1 unspecified atom stereocenters. The van der Waals surface area contributed by atoms with Gasteiger partial charge in [0.05, 0.1) is 11.6 Å². The maximum Gasteiger partial charge on any atom is 0.295 e. The van der Waals surface area contributed by atoms with Gasteiger partial charge in [0.15, 0.2) is 0 Å². The van der Waals surface area contributed by atoms with E-state index in [4.69, 9.17) is 0 Å². The van der Waals surface area contributed by atoms with Gasteiger partial charge in [-0.2, -0.15) is 0 Å². The molecule has 1 atom stereocenters. The largest absolute Gasteiger partial charge is 0.507 e. The van der Waals surface area contributed by atoms with Crippen LogP contribution in [0.25, 0.3) is 5.76 Å². The lowest BCUT2D eigenvalue weighted by atomic mass is 9.95. The molecule has 1 saturated carbocycles. The maximum absolute atomic E-state index is 12.8. The molecule has 1 amide bonds. The van der Waals surface area contributed by atoms with Crippen molar-refractivity contribution in [2.24, 2.45) is 0 Å². The van der Waals surface area contributed by atoms with Gasteiger partial charge < -0.3 is 10.0 Å². The zero-order valence-corrected chi connectivity index (χ0v) is 14.3. The zero-order chi connectivity index (χ0) is 18.1. The number of amides is 1. The lowest BCUT2D eigenvalue weighted by Gasteiger charge is -2.30. The molecule has 2 aromatic rings. The van der Waals surface area contributed by atoms with Crippen LogP contribution in [-0.2, 0) is 9.59 Å². The van der Waals surface area contributed by atoms with Crippen molar-refractivity contribution in [2.45, 2.75) is 37.8 Å². The van der Waals surface area contributed by atoms with Gasteiger partial charge in [-0.1, -0.05) is 49.2 Å². The number of nitrogens with zero attached hydrogens (tertiary/aromatic N) is 2. The molecular formula is C21H20N2O3. The number of aromatic nitrogens is 1. The van der Waals surface area contributed by atoms with Crippen LogP contribution < -0.4 is 0 Å². The number of carbonyl (C=O) groups is 2. The van der Waals surface area contributed by atoms with Gasteiger partial charge in [-0.25, -0.2) is 0 Å². The second-order valence-electron chi connectivity index (χ2n) is 6.80. The highest BCUT2D eigenvalue weighted by Crippen LogP contribution is 2.43. The van der Waals surface area contributed by atoms with Crippen molar-refractivity contribution in [1.82, 2.24) is 9.88 Å². The van der Waals surface area contributed by atoms with Gasteiger partial charge in [0.2, 0.25) is 0 Å². The first-order valence-electron chi connectivity index (χ1n) is 8.94. The number of ketones is 1. The van der Waals surface area contributed by atoms with E-state index >= 15 is 0 Å². The summed E-state index contributed by atoms with van der Waals surface area (Å²) in [7, 11) is 0. The van der Waals surface area contributed by atoms with E-state index in [0.29, 0.717) is 5.56 Å². The van der Waals surface area contributed by atoms with Gasteiger partial charge in [0, 0.05) is 24.0 Å². The molecule has 1 aromatic heterocycles. The molecular weight excluding hydrogens is 328 g/mol. The van der Waals surface area contributed by atoms with Crippen LogP contribution in [0.3, 0.4) is 0 Å². The Morgan fingerprint density at radius 3 is 2.42 bits per heavy atom. The van der Waals surface area contributed by atoms with Gasteiger partial charge in [0.25, 0.3) is 11.7 Å². The van der Waals surface area contributed by atoms with Crippen LogP contribution in [-0.4, -0.2) is 32.7 Å². The Kier molecular flexibility index (Phi) is 4.29. The highest BCUT2D eigenvalue weighted by Gasteiger charge is 2.49. The lowest BCUT2D eigenvalue weighted by molar-refractivity contribution is -0.141. The van der Waals surface area contributed by atoms with Crippen molar-refractivity contribution in [1.29, 1.82) is 0 Å². The average molecular weight is 348 g/mol. The highest BCUT2D eigenvalue weighted by atomic mass is 16.3. The zero-order valence-electron chi connectivity index (χ0n) is 14.3. The first-order chi connectivity index (χ1) is 12.7. The SMILES string of the molecule is O=C1C(=O)N(C2CCCC2)C(c2cccnc2)/C1=C(/O)c1ccccc1. The van der Waals surface area contributed by atoms with Gasteiger partial charge in [-0.3, -0.25) is 14.6 Å². The minimum Gasteiger partial charge on any atom is -0.507 e. The van der Waals surface area contributed by atoms with Crippen LogP contribution >= 0.6 is 0 Å². The van der Waals surface area contributed by atoms with Crippen LogP contribution in [0.5, 0.6) is 0 Å². The summed E-state index contributed by atoms with van der Waals surface area (Å²) < 4.78 is 0. The van der Waals surface area contributed by atoms with Crippen LogP contribution in [0.15, 0.2) is 60.4 Å². The third-order valence-corrected chi connectivity index (χ3v) is 5.25. The standard InChI is InChI=1S/C21H20N2O3/c24-19(14-7-2-1-3-8-14)17-18(15-9-6-12-22-13-15)23(21(26)20(17)25)16-10-4-5-11-16/h1-3,6-9,12-13,16,18,24H,4-5,10-11H2/b19-17-. The van der Waals surface area contributed by atoms with Crippen LogP contribution in [0.2, 0.25) is 0 Å². The van der Waals surface area contributed by atoms with E-state index < -0.39 is 17.7 Å². The molecule has 2 heterocycles. The molecule has 0 bridgehead atoms. The second-order valence-corrected chi connectivity index (χ2v) is 6.80. The molecule has 0 spiro atoms. The number of hydrogen-bond acceptors (Lipinski definition) is 4. The maximum atomic E-state index is 12.8. The van der Waals surface area contributed by atoms with E-state index in [1.165, 1.54) is 0 Å². The Bertz CT molecular complexity index is 855. The number of likely N-dealkylation sites (tertiary alicyclic amines) is 1. The molecule has 26 heavy (non-hydrogen) atoms. The first kappa shape index (κ1) is 16.5. The minimum absolute atomic E-state index is 0.0257. The van der Waals surface area contributed by atoms with Crippen molar-refractivity contribution in [2.75, 3.05) is 0 Å². The summed E-state index contributed by atoms with van der Waals surface area (Å²) in [5.74, 6) is -1.27. The number of aliphatic hydroxyl groups excluding tert-OH is 1. The third kappa shape index (κ3) is 2.69. The quantitative estimate of drug-likeness (QED) is 0.524. The first-order valence-corrected chi connectivity index (χ1v) is 8.94. The molecule has 1 aromatic carbocycles. The summed E-state index contributed by atoms with van der Waals surface area (Å²) in [4.78, 5) is 31.5. The Hall–Kier alpha value is -2.95. The molecule has 5 nitrogen and oxygen atoms in total. The summed E-state index contributed by atoms with van der Waals surface area (Å²) in [6.07, 6.45) is 7.18. The summed E-state index contributed by atoms with van der Waals surface area (Å²) in [6.45, 7) is 0. The average Bonchev–Trinajstić information content (AvgIpc) is 3.30. The molecule has 0 radical (unpaired) electrons. The van der Waals surface area contributed by atoms with Crippen LogP contribution in [0.1, 0.15) is 42.9 Å². The Labute approximate surface area is 152 Å². The van der Waals surface area contributed by atoms with Crippen molar-refractivity contribution in [3.05, 3.63) is 71.6 Å². The van der Waals surface area contributed by atoms with Gasteiger partial charge in [-0.15, -0.1) is 0 Å². The highest BCUT2D eigenvalue weighted by molar-refractivity contribution is 6.46. The summed E-state index contributed by atoms with van der Waals surface area (Å²) in [5, 5.41) is 10.9. The number of benzene rings is 1. The van der Waals surface area contributed by atoms with E-state index in [-0.39, 0.29) is 17.4 Å². The molecule has 2 aliphatic rings. The molecule has 1 N–H and O–H groups in total. The topological polar surface area (TPSA) is 70.5 Å². The Morgan fingerprint density at radius 1 is 1.04 bits per heavy atom. The number of rotatable bonds is 3. The minimum atomic E-state index is -0.618. The van der Waals surface area contributed by atoms with Gasteiger partial charge >= 0.3 is 0 Å². The Balaban J connectivity index is 1.88. The number of carbonyl (C=O) groups excluding carboxylic acids is 2. The van der Waals surface area contributed by atoms with E-state index in [2.05, 4.69) is 4.98 Å². The fourth-order valence-corrected chi connectivity index (χ4v) is 4.03. The second kappa shape index (κ2) is 6.75. The molecule has 1 aliphatic heterocycles. The smallest absolute Gasteiger partial charge is 0.295 e. The van der Waals surface area contributed by atoms with Crippen molar-refractivity contribution >= 4 is 17.4 Å². The molecule has 1 aliphatic carbocycles. The summed E-state index contributed by atoms with van der Waals surface area (Å²) in [6, 6.07) is 12.0. The number of Topliss-reactive ketones (excluding diaryl/α,β-unsaturated/α-hetero) is 1. The summed E-state index contributed by atoms with van der Waals surface area (Å²) in [5.41, 5.74) is 1.43. The molecule has 1 saturated heterocycles. The van der Waals surface area contributed by atoms with E-state index in [0.717, 1.165) is 31.2 Å². The van der Waals surface area contributed by atoms with Crippen molar-refractivity contribution in [3.63, 3.8) is 0 Å². The number of aliphatic hydroxyl groups is 1. The molecule has 2 fully saturated rings. The fraction of sp³-hybridized carbons (Fsp3) is 0.286. The Morgan fingerprint density at radius 2 is 1.77 bits per heavy atom. The monoisotopic (exact) mass is 348 g/mol. The fourth-order valence-electron chi connectivity index (χ4n) is 4.03. The van der Waals surface area contributed by atoms with Crippen LogP contribution in [0, 0.1) is 0 Å². The predicted octanol–water partition coefficient (Wildman–Crippen LogP) is 3.45. The van der Waals surface area contributed by atoms with Gasteiger partial charge in [0.1, 0.15) is 5.76 Å². The molecule has 132 valence electrons. The number of hydrogen-bond donors (Lipinski definition) is 1. The van der Waals surface area contributed by atoms with E-state index in [9.17, 15) is 14.7 Å². The third-order valence-electron chi connectivity index (χ3n) is 5.25.